The lowest BCUT2D eigenvalue weighted by Crippen LogP contribution is -2.41. The Morgan fingerprint density at radius 3 is 2.52 bits per heavy atom. The zero-order valence-corrected chi connectivity index (χ0v) is 13.9. The topological polar surface area (TPSA) is 38.3 Å². The molecule has 2 aromatic rings. The SMILES string of the molecule is CO[C@@](C)(CNC(=O)Cc1ccccc1Cl)c1ccccc1F. The molecule has 1 N–H and O–H groups in total. The Labute approximate surface area is 140 Å². The van der Waals surface area contributed by atoms with E-state index < -0.39 is 5.60 Å². The molecule has 3 nitrogen and oxygen atoms in total. The summed E-state index contributed by atoms with van der Waals surface area (Å²) in [4.78, 5) is 12.1. The lowest BCUT2D eigenvalue weighted by molar-refractivity contribution is -0.122. The first-order valence-corrected chi connectivity index (χ1v) is 7.64. The van der Waals surface area contributed by atoms with Gasteiger partial charge in [0, 0.05) is 17.7 Å². The van der Waals surface area contributed by atoms with E-state index in [2.05, 4.69) is 5.32 Å². The molecule has 1 amide bonds. The maximum atomic E-state index is 14.0. The summed E-state index contributed by atoms with van der Waals surface area (Å²) in [5, 5.41) is 3.33. The smallest absolute Gasteiger partial charge is 0.224 e. The lowest BCUT2D eigenvalue weighted by atomic mass is 9.95. The number of methoxy groups -OCH3 is 1. The summed E-state index contributed by atoms with van der Waals surface area (Å²) in [7, 11) is 1.49. The molecule has 0 saturated carbocycles. The molecule has 0 aromatic heterocycles. The van der Waals surface area contributed by atoms with Crippen LogP contribution >= 0.6 is 11.6 Å². The lowest BCUT2D eigenvalue weighted by Gasteiger charge is -2.29. The van der Waals surface area contributed by atoms with Crippen molar-refractivity contribution >= 4 is 17.5 Å². The van der Waals surface area contributed by atoms with Crippen LogP contribution in [0.25, 0.3) is 0 Å². The van der Waals surface area contributed by atoms with Gasteiger partial charge in [-0.25, -0.2) is 4.39 Å². The van der Waals surface area contributed by atoms with Gasteiger partial charge >= 0.3 is 0 Å². The van der Waals surface area contributed by atoms with Crippen LogP contribution in [0.1, 0.15) is 18.1 Å². The van der Waals surface area contributed by atoms with Crippen molar-refractivity contribution in [1.29, 1.82) is 0 Å². The minimum atomic E-state index is -0.943. The van der Waals surface area contributed by atoms with Crippen LogP contribution in [-0.4, -0.2) is 19.6 Å². The third-order valence-corrected chi connectivity index (χ3v) is 4.19. The van der Waals surface area contributed by atoms with E-state index in [9.17, 15) is 9.18 Å². The Morgan fingerprint density at radius 1 is 1.22 bits per heavy atom. The number of amides is 1. The molecule has 0 unspecified atom stereocenters. The molecule has 0 aliphatic carbocycles. The van der Waals surface area contributed by atoms with Crippen LogP contribution in [0.4, 0.5) is 4.39 Å². The summed E-state index contributed by atoms with van der Waals surface area (Å²) in [5.74, 6) is -0.560. The maximum absolute atomic E-state index is 14.0. The molecule has 0 radical (unpaired) electrons. The summed E-state index contributed by atoms with van der Waals surface area (Å²) >= 11 is 6.05. The number of halogens is 2. The molecule has 5 heteroatoms. The van der Waals surface area contributed by atoms with Crippen LogP contribution < -0.4 is 5.32 Å². The van der Waals surface area contributed by atoms with Crippen LogP contribution in [-0.2, 0) is 21.6 Å². The van der Waals surface area contributed by atoms with Crippen molar-refractivity contribution in [2.75, 3.05) is 13.7 Å². The minimum Gasteiger partial charge on any atom is -0.372 e. The van der Waals surface area contributed by atoms with Crippen LogP contribution in [0.5, 0.6) is 0 Å². The third kappa shape index (κ3) is 4.30. The molecule has 122 valence electrons. The average molecular weight is 336 g/mol. The third-order valence-electron chi connectivity index (χ3n) is 3.83. The van der Waals surface area contributed by atoms with Gasteiger partial charge in [0.05, 0.1) is 13.0 Å². The van der Waals surface area contributed by atoms with Gasteiger partial charge < -0.3 is 10.1 Å². The van der Waals surface area contributed by atoms with E-state index in [0.717, 1.165) is 5.56 Å². The molecule has 0 heterocycles. The predicted molar refractivity (Wildman–Crippen MR) is 88.9 cm³/mol. The van der Waals surface area contributed by atoms with E-state index >= 15 is 0 Å². The Balaban J connectivity index is 2.04. The van der Waals surface area contributed by atoms with Gasteiger partial charge in [0.1, 0.15) is 11.4 Å². The van der Waals surface area contributed by atoms with Gasteiger partial charge in [-0.15, -0.1) is 0 Å². The first-order valence-electron chi connectivity index (χ1n) is 7.26. The summed E-state index contributed by atoms with van der Waals surface area (Å²) in [6.45, 7) is 1.90. The molecule has 0 aliphatic heterocycles. The van der Waals surface area contributed by atoms with Crippen molar-refractivity contribution in [3.8, 4) is 0 Å². The molecule has 2 aromatic carbocycles. The fourth-order valence-electron chi connectivity index (χ4n) is 2.31. The summed E-state index contributed by atoms with van der Waals surface area (Å²) in [5.41, 5.74) is 0.207. The van der Waals surface area contributed by atoms with Gasteiger partial charge in [0.25, 0.3) is 0 Å². The van der Waals surface area contributed by atoms with Crippen molar-refractivity contribution in [1.82, 2.24) is 5.32 Å². The van der Waals surface area contributed by atoms with Crippen molar-refractivity contribution in [2.45, 2.75) is 18.9 Å². The molecular weight excluding hydrogens is 317 g/mol. The fraction of sp³-hybridized carbons (Fsp3) is 0.278. The number of nitrogens with one attached hydrogen (secondary N) is 1. The Morgan fingerprint density at radius 2 is 1.87 bits per heavy atom. The molecule has 2 rings (SSSR count). The van der Waals surface area contributed by atoms with E-state index in [1.807, 2.05) is 12.1 Å². The monoisotopic (exact) mass is 335 g/mol. The molecule has 0 saturated heterocycles. The van der Waals surface area contributed by atoms with Gasteiger partial charge in [-0.05, 0) is 24.6 Å². The van der Waals surface area contributed by atoms with Crippen LogP contribution in [0.15, 0.2) is 48.5 Å². The summed E-state index contributed by atoms with van der Waals surface area (Å²) in [6, 6.07) is 13.6. The first-order chi connectivity index (χ1) is 11.0. The van der Waals surface area contributed by atoms with E-state index in [1.54, 1.807) is 37.3 Å². The number of carbonyl (C=O) groups excluding carboxylic acids is 1. The standard InChI is InChI=1S/C18H19ClFNO2/c1-18(23-2,14-8-4-6-10-16(14)20)12-21-17(22)11-13-7-3-5-9-15(13)19/h3-10H,11-12H2,1-2H3,(H,21,22)/t18-/m0/s1. The van der Waals surface area contributed by atoms with Gasteiger partial charge in [0.2, 0.25) is 5.91 Å². The number of hydrogen-bond donors (Lipinski definition) is 1. The highest BCUT2D eigenvalue weighted by Gasteiger charge is 2.29. The number of hydrogen-bond acceptors (Lipinski definition) is 2. The van der Waals surface area contributed by atoms with E-state index in [1.165, 1.54) is 13.2 Å². The zero-order chi connectivity index (χ0) is 16.9. The summed E-state index contributed by atoms with van der Waals surface area (Å²) in [6.07, 6.45) is 0.163. The number of rotatable bonds is 6. The molecule has 0 spiro atoms. The van der Waals surface area contributed by atoms with Gasteiger partial charge in [0.15, 0.2) is 0 Å². The number of carbonyl (C=O) groups is 1. The molecular formula is C18H19ClFNO2. The van der Waals surface area contributed by atoms with Gasteiger partial charge in [-0.3, -0.25) is 4.79 Å². The highest BCUT2D eigenvalue weighted by Crippen LogP contribution is 2.26. The zero-order valence-electron chi connectivity index (χ0n) is 13.1. The van der Waals surface area contributed by atoms with Gasteiger partial charge in [-0.1, -0.05) is 48.0 Å². The second-order valence-electron chi connectivity index (χ2n) is 5.46. The van der Waals surface area contributed by atoms with Crippen LogP contribution in [0.3, 0.4) is 0 Å². The highest BCUT2D eigenvalue weighted by molar-refractivity contribution is 6.31. The second-order valence-corrected chi connectivity index (χ2v) is 5.87. The Kier molecular flexibility index (Phi) is 5.74. The average Bonchev–Trinajstić information content (AvgIpc) is 2.55. The second kappa shape index (κ2) is 7.57. The molecule has 0 bridgehead atoms. The predicted octanol–water partition coefficient (Wildman–Crippen LogP) is 3.70. The van der Waals surface area contributed by atoms with Crippen LogP contribution in [0, 0.1) is 5.82 Å². The number of ether oxygens (including phenoxy) is 1. The quantitative estimate of drug-likeness (QED) is 0.874. The molecule has 0 fully saturated rings. The van der Waals surface area contributed by atoms with E-state index in [0.29, 0.717) is 10.6 Å². The van der Waals surface area contributed by atoms with Crippen molar-refractivity contribution < 1.29 is 13.9 Å². The number of benzene rings is 2. The van der Waals surface area contributed by atoms with Crippen molar-refractivity contribution in [2.24, 2.45) is 0 Å². The maximum Gasteiger partial charge on any atom is 0.224 e. The Bertz CT molecular complexity index is 692. The highest BCUT2D eigenvalue weighted by atomic mass is 35.5. The Hall–Kier alpha value is -1.91. The van der Waals surface area contributed by atoms with Crippen LogP contribution in [0.2, 0.25) is 5.02 Å². The fourth-order valence-corrected chi connectivity index (χ4v) is 2.51. The largest absolute Gasteiger partial charge is 0.372 e. The molecule has 1 atom stereocenters. The molecule has 0 aliphatic rings. The normalized spacial score (nSPS) is 13.4. The van der Waals surface area contributed by atoms with E-state index in [4.69, 9.17) is 16.3 Å². The summed E-state index contributed by atoms with van der Waals surface area (Å²) < 4.78 is 19.4. The van der Waals surface area contributed by atoms with Crippen molar-refractivity contribution in [3.05, 3.63) is 70.5 Å². The first kappa shape index (κ1) is 17.4. The van der Waals surface area contributed by atoms with Crippen molar-refractivity contribution in [3.63, 3.8) is 0 Å². The van der Waals surface area contributed by atoms with E-state index in [-0.39, 0.29) is 24.7 Å². The molecule has 23 heavy (non-hydrogen) atoms. The van der Waals surface area contributed by atoms with Gasteiger partial charge in [-0.2, -0.15) is 0 Å². The minimum absolute atomic E-state index is 0.160.